The van der Waals surface area contributed by atoms with Crippen molar-refractivity contribution in [1.82, 2.24) is 14.9 Å². The molecular weight excluding hydrogens is 248 g/mol. The SMILES string of the molecule is CNc1cc(C2CCCN2Cc2cccnc2)ccn1. The van der Waals surface area contributed by atoms with E-state index in [9.17, 15) is 0 Å². The lowest BCUT2D eigenvalue weighted by molar-refractivity contribution is 0.248. The Hall–Kier alpha value is -1.94. The van der Waals surface area contributed by atoms with E-state index in [4.69, 9.17) is 0 Å². The Balaban J connectivity index is 1.78. The molecule has 104 valence electrons. The zero-order valence-corrected chi connectivity index (χ0v) is 11.8. The Labute approximate surface area is 119 Å². The van der Waals surface area contributed by atoms with Gasteiger partial charge in [-0.1, -0.05) is 6.07 Å². The van der Waals surface area contributed by atoms with Crippen LogP contribution in [0, 0.1) is 0 Å². The number of likely N-dealkylation sites (tertiary alicyclic amines) is 1. The summed E-state index contributed by atoms with van der Waals surface area (Å²) in [6.07, 6.45) is 8.14. The van der Waals surface area contributed by atoms with Gasteiger partial charge in [0, 0.05) is 38.2 Å². The summed E-state index contributed by atoms with van der Waals surface area (Å²) in [5.41, 5.74) is 2.63. The summed E-state index contributed by atoms with van der Waals surface area (Å²) in [6.45, 7) is 2.12. The average Bonchev–Trinajstić information content (AvgIpc) is 2.96. The molecule has 20 heavy (non-hydrogen) atoms. The van der Waals surface area contributed by atoms with Gasteiger partial charge in [0.25, 0.3) is 0 Å². The van der Waals surface area contributed by atoms with Crippen LogP contribution < -0.4 is 5.32 Å². The summed E-state index contributed by atoms with van der Waals surface area (Å²) >= 11 is 0. The predicted octanol–water partition coefficient (Wildman–Crippen LogP) is 2.86. The van der Waals surface area contributed by atoms with E-state index in [-0.39, 0.29) is 0 Å². The minimum Gasteiger partial charge on any atom is -0.373 e. The van der Waals surface area contributed by atoms with Crippen LogP contribution in [0.25, 0.3) is 0 Å². The first kappa shape index (κ1) is 13.1. The molecule has 1 atom stereocenters. The number of hydrogen-bond acceptors (Lipinski definition) is 4. The molecule has 2 aromatic heterocycles. The Morgan fingerprint density at radius 2 is 2.30 bits per heavy atom. The molecule has 1 aliphatic heterocycles. The van der Waals surface area contributed by atoms with Crippen molar-refractivity contribution in [2.75, 3.05) is 18.9 Å². The van der Waals surface area contributed by atoms with Crippen LogP contribution in [0.1, 0.15) is 30.0 Å². The molecule has 1 unspecified atom stereocenters. The van der Waals surface area contributed by atoms with E-state index in [0.29, 0.717) is 6.04 Å². The molecule has 1 fully saturated rings. The van der Waals surface area contributed by atoms with Crippen molar-refractivity contribution >= 4 is 5.82 Å². The van der Waals surface area contributed by atoms with E-state index in [1.54, 1.807) is 0 Å². The highest BCUT2D eigenvalue weighted by Gasteiger charge is 2.26. The molecule has 2 aromatic rings. The van der Waals surface area contributed by atoms with Gasteiger partial charge in [0.1, 0.15) is 5.82 Å². The van der Waals surface area contributed by atoms with Crippen LogP contribution in [0.5, 0.6) is 0 Å². The zero-order valence-electron chi connectivity index (χ0n) is 11.8. The van der Waals surface area contributed by atoms with Crippen LogP contribution >= 0.6 is 0 Å². The molecule has 0 spiro atoms. The largest absolute Gasteiger partial charge is 0.373 e. The number of anilines is 1. The zero-order chi connectivity index (χ0) is 13.8. The fourth-order valence-corrected chi connectivity index (χ4v) is 2.91. The normalized spacial score (nSPS) is 19.1. The van der Waals surface area contributed by atoms with Crippen molar-refractivity contribution in [3.8, 4) is 0 Å². The van der Waals surface area contributed by atoms with Gasteiger partial charge in [-0.3, -0.25) is 9.88 Å². The second kappa shape index (κ2) is 6.01. The van der Waals surface area contributed by atoms with Gasteiger partial charge in [0.2, 0.25) is 0 Å². The third kappa shape index (κ3) is 2.80. The molecule has 0 bridgehead atoms. The minimum absolute atomic E-state index is 0.491. The highest BCUT2D eigenvalue weighted by molar-refractivity contribution is 5.38. The van der Waals surface area contributed by atoms with Gasteiger partial charge in [-0.05, 0) is 48.7 Å². The molecule has 1 N–H and O–H groups in total. The Bertz CT molecular complexity index is 555. The maximum atomic E-state index is 4.30. The van der Waals surface area contributed by atoms with Crippen molar-refractivity contribution in [3.63, 3.8) is 0 Å². The van der Waals surface area contributed by atoms with E-state index < -0.39 is 0 Å². The maximum absolute atomic E-state index is 4.30. The molecule has 1 saturated heterocycles. The van der Waals surface area contributed by atoms with Crippen LogP contribution in [0.3, 0.4) is 0 Å². The van der Waals surface area contributed by atoms with Crippen molar-refractivity contribution < 1.29 is 0 Å². The highest BCUT2D eigenvalue weighted by atomic mass is 15.2. The number of hydrogen-bond donors (Lipinski definition) is 1. The van der Waals surface area contributed by atoms with Crippen molar-refractivity contribution in [2.24, 2.45) is 0 Å². The van der Waals surface area contributed by atoms with Gasteiger partial charge in [-0.2, -0.15) is 0 Å². The van der Waals surface area contributed by atoms with Crippen LogP contribution in [0.4, 0.5) is 5.82 Å². The maximum Gasteiger partial charge on any atom is 0.125 e. The number of nitrogens with zero attached hydrogens (tertiary/aromatic N) is 3. The van der Waals surface area contributed by atoms with E-state index in [2.05, 4.69) is 38.4 Å². The molecule has 4 heteroatoms. The molecule has 3 heterocycles. The molecule has 0 radical (unpaired) electrons. The summed E-state index contributed by atoms with van der Waals surface area (Å²) in [5.74, 6) is 0.940. The topological polar surface area (TPSA) is 41.0 Å². The Kier molecular flexibility index (Phi) is 3.92. The van der Waals surface area contributed by atoms with Crippen LogP contribution in [0.2, 0.25) is 0 Å². The first-order valence-corrected chi connectivity index (χ1v) is 7.13. The van der Waals surface area contributed by atoms with Crippen LogP contribution in [-0.2, 0) is 6.54 Å². The van der Waals surface area contributed by atoms with Crippen molar-refractivity contribution in [2.45, 2.75) is 25.4 Å². The molecule has 3 rings (SSSR count). The minimum atomic E-state index is 0.491. The number of aromatic nitrogens is 2. The molecule has 0 saturated carbocycles. The summed E-state index contributed by atoms with van der Waals surface area (Å²) in [5, 5.41) is 3.12. The quantitative estimate of drug-likeness (QED) is 0.925. The van der Waals surface area contributed by atoms with Gasteiger partial charge in [-0.25, -0.2) is 4.98 Å². The fraction of sp³-hybridized carbons (Fsp3) is 0.375. The number of nitrogens with one attached hydrogen (secondary N) is 1. The molecule has 1 aliphatic rings. The first-order chi connectivity index (χ1) is 9.86. The molecule has 0 aliphatic carbocycles. The third-order valence-corrected chi connectivity index (χ3v) is 3.90. The van der Waals surface area contributed by atoms with Gasteiger partial charge in [0.15, 0.2) is 0 Å². The van der Waals surface area contributed by atoms with E-state index in [1.165, 1.54) is 24.0 Å². The third-order valence-electron chi connectivity index (χ3n) is 3.90. The second-order valence-electron chi connectivity index (χ2n) is 5.21. The molecule has 0 aromatic carbocycles. The Morgan fingerprint density at radius 1 is 1.35 bits per heavy atom. The first-order valence-electron chi connectivity index (χ1n) is 7.13. The van der Waals surface area contributed by atoms with Gasteiger partial charge in [-0.15, -0.1) is 0 Å². The van der Waals surface area contributed by atoms with E-state index in [0.717, 1.165) is 18.9 Å². The lowest BCUT2D eigenvalue weighted by Crippen LogP contribution is -2.22. The monoisotopic (exact) mass is 268 g/mol. The smallest absolute Gasteiger partial charge is 0.125 e. The van der Waals surface area contributed by atoms with Crippen LogP contribution in [-0.4, -0.2) is 28.5 Å². The fourth-order valence-electron chi connectivity index (χ4n) is 2.91. The lowest BCUT2D eigenvalue weighted by atomic mass is 10.1. The summed E-state index contributed by atoms with van der Waals surface area (Å²) in [6, 6.07) is 8.93. The van der Waals surface area contributed by atoms with Gasteiger partial charge in [0.05, 0.1) is 0 Å². The summed E-state index contributed by atoms with van der Waals surface area (Å²) in [4.78, 5) is 11.0. The van der Waals surface area contributed by atoms with Crippen molar-refractivity contribution in [1.29, 1.82) is 0 Å². The van der Waals surface area contributed by atoms with E-state index >= 15 is 0 Å². The standard InChI is InChI=1S/C16H20N4/c1-17-16-10-14(6-8-19-16)15-5-3-9-20(15)12-13-4-2-7-18-11-13/h2,4,6-8,10-11,15H,3,5,9,12H2,1H3,(H,17,19). The molecule has 4 nitrogen and oxygen atoms in total. The lowest BCUT2D eigenvalue weighted by Gasteiger charge is -2.25. The molecular formula is C16H20N4. The number of rotatable bonds is 4. The Morgan fingerprint density at radius 3 is 3.10 bits per heavy atom. The average molecular weight is 268 g/mol. The van der Waals surface area contributed by atoms with Crippen LogP contribution in [0.15, 0.2) is 42.9 Å². The highest BCUT2D eigenvalue weighted by Crippen LogP contribution is 2.33. The van der Waals surface area contributed by atoms with Crippen molar-refractivity contribution in [3.05, 3.63) is 54.0 Å². The van der Waals surface area contributed by atoms with E-state index in [1.807, 2.05) is 31.7 Å². The predicted molar refractivity (Wildman–Crippen MR) is 80.4 cm³/mol. The molecule has 0 amide bonds. The van der Waals surface area contributed by atoms with Gasteiger partial charge < -0.3 is 5.32 Å². The summed E-state index contributed by atoms with van der Waals surface area (Å²) < 4.78 is 0. The number of pyridine rings is 2. The summed E-state index contributed by atoms with van der Waals surface area (Å²) in [7, 11) is 1.91. The second-order valence-corrected chi connectivity index (χ2v) is 5.21. The van der Waals surface area contributed by atoms with Gasteiger partial charge >= 0.3 is 0 Å².